The predicted molar refractivity (Wildman–Crippen MR) is 432 cm³/mol. The van der Waals surface area contributed by atoms with Crippen LogP contribution >= 0.6 is 34.0 Å². The topological polar surface area (TPSA) is 313 Å². The lowest BCUT2D eigenvalue weighted by molar-refractivity contribution is -0.146. The van der Waals surface area contributed by atoms with Crippen LogP contribution in [0.4, 0.5) is 34.5 Å². The average molecular weight is 1520 g/mol. The zero-order valence-corrected chi connectivity index (χ0v) is 65.9. The molecule has 9 aromatic rings. The number of amides is 6. The number of fused-ring (bicyclic) bond motifs is 3. The van der Waals surface area contributed by atoms with Gasteiger partial charge in [-0.2, -0.15) is 0 Å². The molecule has 3 aromatic carbocycles. The number of rotatable bonds is 12. The molecule has 0 spiro atoms. The summed E-state index contributed by atoms with van der Waals surface area (Å²) in [5.74, 6) is 0.272. The second kappa shape index (κ2) is 33.8. The fourth-order valence-corrected chi connectivity index (χ4v) is 19.4. The maximum absolute atomic E-state index is 13.4. The summed E-state index contributed by atoms with van der Waals surface area (Å²) >= 11 is 5.32. The van der Waals surface area contributed by atoms with Crippen molar-refractivity contribution < 1.29 is 28.8 Å². The van der Waals surface area contributed by atoms with E-state index in [1.807, 2.05) is 20.8 Å². The molecular weight excluding hydrogens is 1420 g/mol. The quantitative estimate of drug-likeness (QED) is 0.0619. The molecule has 9 N–H and O–H groups in total. The first-order valence-electron chi connectivity index (χ1n) is 38.3. The van der Waals surface area contributed by atoms with Gasteiger partial charge in [-0.1, -0.05) is 59.7 Å². The molecule has 24 nitrogen and oxygen atoms in total. The Labute approximate surface area is 644 Å². The standard InChI is InChI=1S/3C27H34N6O2S/c3*1-4-17-11-20(13-29-24(17)28)30-25(34)27(35)33-14-16(2)5-7-22(33)18-6-8-23-21(12-18)31-26(36-23)19-9-10-32(3)15-19/h3*6,8,11-13,16,19,22H,4-5,7,9-10,14-15H2,1-3H3,(H2,28,29)(H,30,34)/t16-,19?,22+;16-,19+,22+;16-,19-,22+/m000/s1. The molecule has 6 saturated heterocycles. The van der Waals surface area contributed by atoms with Gasteiger partial charge in [-0.25, -0.2) is 29.9 Å². The van der Waals surface area contributed by atoms with E-state index < -0.39 is 35.4 Å². The second-order valence-corrected chi connectivity index (χ2v) is 34.0. The molecule has 6 aliphatic rings. The Morgan fingerprint density at radius 1 is 0.398 bits per heavy atom. The van der Waals surface area contributed by atoms with Gasteiger partial charge < -0.3 is 62.6 Å². The Morgan fingerprint density at radius 3 is 0.926 bits per heavy atom. The van der Waals surface area contributed by atoms with Gasteiger partial charge in [-0.15, -0.1) is 34.0 Å². The number of pyridine rings is 3. The largest absolute Gasteiger partial charge is 0.383 e. The first-order valence-corrected chi connectivity index (χ1v) is 40.8. The minimum absolute atomic E-state index is 0.151. The molecule has 12 heterocycles. The first-order chi connectivity index (χ1) is 52.0. The number of thiazole rings is 3. The number of carbonyl (C=O) groups is 6. The molecule has 0 radical (unpaired) electrons. The summed E-state index contributed by atoms with van der Waals surface area (Å²) in [5.41, 5.74) is 27.7. The number of aromatic nitrogens is 6. The van der Waals surface area contributed by atoms with Gasteiger partial charge in [-0.05, 0) is 224 Å². The number of nitrogen functional groups attached to an aromatic ring is 3. The van der Waals surface area contributed by atoms with Crippen molar-refractivity contribution in [3.63, 3.8) is 0 Å². The van der Waals surface area contributed by atoms with E-state index in [0.717, 1.165) is 147 Å². The number of likely N-dealkylation sites (tertiary alicyclic amines) is 6. The third-order valence-electron chi connectivity index (χ3n) is 22.4. The Balaban J connectivity index is 0.000000143. The van der Waals surface area contributed by atoms with Gasteiger partial charge in [0.2, 0.25) is 0 Å². The zero-order valence-electron chi connectivity index (χ0n) is 63.5. The number of nitrogens with two attached hydrogens (primary N) is 3. The Bertz CT molecular complexity index is 4340. The number of nitrogens with zero attached hydrogens (tertiary/aromatic N) is 12. The van der Waals surface area contributed by atoms with E-state index in [-0.39, 0.29) is 18.1 Å². The monoisotopic (exact) mass is 1520 g/mol. The molecule has 6 fully saturated rings. The van der Waals surface area contributed by atoms with E-state index in [0.29, 0.717) is 109 Å². The van der Waals surface area contributed by atoms with Gasteiger partial charge in [0, 0.05) is 57.0 Å². The van der Waals surface area contributed by atoms with Crippen molar-refractivity contribution in [2.24, 2.45) is 17.8 Å². The van der Waals surface area contributed by atoms with Crippen LogP contribution in [0.5, 0.6) is 0 Å². The fraction of sp³-hybridized carbons (Fsp3) is 0.481. The molecule has 1 unspecified atom stereocenters. The van der Waals surface area contributed by atoms with Crippen molar-refractivity contribution in [1.82, 2.24) is 59.3 Å². The Kier molecular flexibility index (Phi) is 24.1. The van der Waals surface area contributed by atoms with E-state index >= 15 is 0 Å². The van der Waals surface area contributed by atoms with Crippen LogP contribution in [0.1, 0.15) is 184 Å². The number of aryl methyl sites for hydroxylation is 3. The van der Waals surface area contributed by atoms with Crippen LogP contribution < -0.4 is 33.2 Å². The molecule has 6 amide bonds. The highest BCUT2D eigenvalue weighted by molar-refractivity contribution is 7.19. The van der Waals surface area contributed by atoms with Crippen LogP contribution in [0.25, 0.3) is 30.6 Å². The molecule has 27 heteroatoms. The highest BCUT2D eigenvalue weighted by Gasteiger charge is 2.39. The number of piperidine rings is 3. The SMILES string of the molecule is CCc1cc(NC(=O)C(=O)N2C[C@@H](C)CC[C@@H]2c2ccc3sc(C4CCN(C)C4)nc3c2)cnc1N.CCc1cc(NC(=O)C(=O)N2C[C@@H](C)CC[C@@H]2c2ccc3sc([C@@H]4CCN(C)C4)nc3c2)cnc1N.CCc1cc(NC(=O)C(=O)N2C[C@@H](C)CC[C@@H]2c2ccc3sc([C@H]4CCN(C)C4)nc3c2)cnc1N. The molecule has 0 saturated carbocycles. The minimum atomic E-state index is -0.648. The highest BCUT2D eigenvalue weighted by Crippen LogP contribution is 2.42. The van der Waals surface area contributed by atoms with Gasteiger partial charge in [0.15, 0.2) is 0 Å². The summed E-state index contributed by atoms with van der Waals surface area (Å²) in [6.45, 7) is 20.4. The van der Waals surface area contributed by atoms with Crippen molar-refractivity contribution >= 4 is 135 Å². The molecule has 9 atom stereocenters. The van der Waals surface area contributed by atoms with Crippen LogP contribution in [-0.2, 0) is 48.0 Å². The molecule has 0 bridgehead atoms. The average Bonchev–Trinajstić information content (AvgIpc) is 1.58. The highest BCUT2D eigenvalue weighted by atomic mass is 32.1. The molecule has 15 rings (SSSR count). The molecule has 0 aliphatic carbocycles. The molecule has 6 aromatic heterocycles. The number of hydrogen-bond donors (Lipinski definition) is 6. The zero-order chi connectivity index (χ0) is 76.2. The number of anilines is 6. The van der Waals surface area contributed by atoms with Gasteiger partial charge in [0.05, 0.1) is 99.5 Å². The van der Waals surface area contributed by atoms with Crippen molar-refractivity contribution in [3.05, 3.63) is 140 Å². The van der Waals surface area contributed by atoms with Crippen LogP contribution in [0.2, 0.25) is 0 Å². The Morgan fingerprint density at radius 2 is 0.676 bits per heavy atom. The van der Waals surface area contributed by atoms with Gasteiger partial charge in [0.25, 0.3) is 0 Å². The van der Waals surface area contributed by atoms with Crippen molar-refractivity contribution in [1.29, 1.82) is 0 Å². The minimum Gasteiger partial charge on any atom is -0.383 e. The lowest BCUT2D eigenvalue weighted by atomic mass is 9.89. The maximum atomic E-state index is 13.4. The number of nitrogens with one attached hydrogen (secondary N) is 3. The lowest BCUT2D eigenvalue weighted by Crippen LogP contribution is -2.46. The van der Waals surface area contributed by atoms with Crippen molar-refractivity contribution in [2.45, 2.75) is 154 Å². The van der Waals surface area contributed by atoms with Gasteiger partial charge in [-0.3, -0.25) is 28.8 Å². The lowest BCUT2D eigenvalue weighted by Gasteiger charge is -2.38. The smallest absolute Gasteiger partial charge is 0.313 e. The van der Waals surface area contributed by atoms with E-state index in [9.17, 15) is 28.8 Å². The number of carbonyl (C=O) groups excluding carboxylic acids is 6. The van der Waals surface area contributed by atoms with Crippen LogP contribution in [0.15, 0.2) is 91.4 Å². The Hall–Kier alpha value is -9.12. The molecule has 6 aliphatic heterocycles. The van der Waals surface area contributed by atoms with Crippen molar-refractivity contribution in [2.75, 3.05) is 113 Å². The third-order valence-corrected chi connectivity index (χ3v) is 26.0. The number of likely N-dealkylation sites (N-methyl/N-ethyl adjacent to an activating group) is 3. The van der Waals surface area contributed by atoms with Crippen molar-refractivity contribution in [3.8, 4) is 0 Å². The first kappa shape index (κ1) is 77.1. The van der Waals surface area contributed by atoms with E-state index in [4.69, 9.17) is 32.2 Å². The fourth-order valence-electron chi connectivity index (χ4n) is 16.2. The predicted octanol–water partition coefficient (Wildman–Crippen LogP) is 12.6. The maximum Gasteiger partial charge on any atom is 0.313 e. The third kappa shape index (κ3) is 17.6. The van der Waals surface area contributed by atoms with E-state index in [1.54, 1.807) is 66.9 Å². The summed E-state index contributed by atoms with van der Waals surface area (Å²) in [5, 5.41) is 11.8. The van der Waals surface area contributed by atoms with E-state index in [1.165, 1.54) is 47.7 Å². The van der Waals surface area contributed by atoms with Gasteiger partial charge >= 0.3 is 35.4 Å². The van der Waals surface area contributed by atoms with Crippen LogP contribution in [0.3, 0.4) is 0 Å². The molecular formula is C81H102N18O6S3. The summed E-state index contributed by atoms with van der Waals surface area (Å²) in [6, 6.07) is 23.9. The van der Waals surface area contributed by atoms with Crippen LogP contribution in [-0.4, -0.2) is 175 Å². The normalized spacial score (nSPS) is 22.8. The van der Waals surface area contributed by atoms with Crippen LogP contribution in [0, 0.1) is 17.8 Å². The second-order valence-electron chi connectivity index (χ2n) is 30.8. The van der Waals surface area contributed by atoms with E-state index in [2.05, 4.69) is 142 Å². The number of benzene rings is 3. The summed E-state index contributed by atoms with van der Waals surface area (Å²) in [4.78, 5) is 119. The molecule has 108 heavy (non-hydrogen) atoms. The summed E-state index contributed by atoms with van der Waals surface area (Å²) in [7, 11) is 6.47. The summed E-state index contributed by atoms with van der Waals surface area (Å²) in [6.07, 6.45) is 15.5. The number of hydrogen-bond acceptors (Lipinski definition) is 21. The molecule has 570 valence electrons. The summed E-state index contributed by atoms with van der Waals surface area (Å²) < 4.78 is 3.52. The van der Waals surface area contributed by atoms with Gasteiger partial charge in [0.1, 0.15) is 17.5 Å².